The maximum Gasteiger partial charge on any atom is 0.260 e. The molecule has 0 aliphatic carbocycles. The monoisotopic (exact) mass is 272 g/mol. The number of rotatable bonds is 0. The number of nitrogens with zero attached hydrogens (tertiary/aromatic N) is 2. The molecule has 2 atom stereocenters. The van der Waals surface area contributed by atoms with Gasteiger partial charge in [0.2, 0.25) is 0 Å². The second-order valence-electron chi connectivity index (χ2n) is 4.65. The minimum atomic E-state index is -1.06. The van der Waals surface area contributed by atoms with Crippen molar-refractivity contribution in [2.45, 2.75) is 29.5 Å². The Balaban J connectivity index is 2.23. The molecule has 0 saturated carbocycles. The Morgan fingerprint density at radius 2 is 1.88 bits per heavy atom. The van der Waals surface area contributed by atoms with Crippen molar-refractivity contribution in [1.29, 1.82) is 0 Å². The number of piperazine rings is 1. The van der Waals surface area contributed by atoms with E-state index >= 15 is 0 Å². The lowest BCUT2D eigenvalue weighted by Gasteiger charge is -2.48. The Bertz CT molecular complexity index is 453. The first-order valence-corrected chi connectivity index (χ1v) is 7.07. The molecule has 0 aromatic carbocycles. The van der Waals surface area contributed by atoms with Crippen molar-refractivity contribution in [2.75, 3.05) is 13.6 Å². The van der Waals surface area contributed by atoms with Crippen molar-refractivity contribution in [3.8, 4) is 0 Å². The van der Waals surface area contributed by atoms with Crippen LogP contribution in [-0.2, 0) is 9.59 Å². The molecule has 92 valence electrons. The van der Waals surface area contributed by atoms with E-state index in [1.807, 2.05) is 0 Å². The summed E-state index contributed by atoms with van der Waals surface area (Å²) in [4.78, 5) is 37.8. The largest absolute Gasteiger partial charge is 0.320 e. The van der Waals surface area contributed by atoms with E-state index in [4.69, 9.17) is 0 Å². The van der Waals surface area contributed by atoms with Crippen molar-refractivity contribution in [2.24, 2.45) is 0 Å². The second kappa shape index (κ2) is 3.20. The highest BCUT2D eigenvalue weighted by Crippen LogP contribution is 2.55. The van der Waals surface area contributed by atoms with Crippen LogP contribution in [0.3, 0.4) is 0 Å². The lowest BCUT2D eigenvalue weighted by molar-refractivity contribution is -0.161. The van der Waals surface area contributed by atoms with Gasteiger partial charge in [0.05, 0.1) is 0 Å². The van der Waals surface area contributed by atoms with Crippen LogP contribution in [-0.4, -0.2) is 49.4 Å². The summed E-state index contributed by atoms with van der Waals surface area (Å²) in [5, 5.41) is 0. The first-order valence-electron chi connectivity index (χ1n) is 5.44. The molecule has 2 bridgehead atoms. The van der Waals surface area contributed by atoms with Crippen LogP contribution in [0, 0.1) is 0 Å². The fourth-order valence-electron chi connectivity index (χ4n) is 2.71. The minimum absolute atomic E-state index is 0.111. The molecular formula is C10H12N2O3S2. The van der Waals surface area contributed by atoms with Crippen LogP contribution in [0.25, 0.3) is 0 Å². The van der Waals surface area contributed by atoms with Crippen LogP contribution in [0.2, 0.25) is 0 Å². The molecule has 2 amide bonds. The van der Waals surface area contributed by atoms with Crippen LogP contribution in [0.1, 0.15) is 19.8 Å². The third-order valence-corrected chi connectivity index (χ3v) is 6.40. The molecule has 4 aliphatic rings. The van der Waals surface area contributed by atoms with Gasteiger partial charge in [0.25, 0.3) is 16.3 Å². The van der Waals surface area contributed by atoms with Gasteiger partial charge in [0, 0.05) is 13.6 Å². The number of amides is 2. The van der Waals surface area contributed by atoms with E-state index in [0.29, 0.717) is 13.0 Å². The van der Waals surface area contributed by atoms with Crippen LogP contribution >= 0.6 is 23.5 Å². The average Bonchev–Trinajstić information content (AvgIpc) is 2.63. The highest BCUT2D eigenvalue weighted by molar-refractivity contribution is 8.40. The molecule has 4 saturated heterocycles. The summed E-state index contributed by atoms with van der Waals surface area (Å²) in [6.07, 6.45) is 1.36. The van der Waals surface area contributed by atoms with Gasteiger partial charge < -0.3 is 9.80 Å². The Morgan fingerprint density at radius 1 is 1.18 bits per heavy atom. The highest BCUT2D eigenvalue weighted by Gasteiger charge is 2.66. The Kier molecular flexibility index (Phi) is 2.15. The zero-order valence-electron chi connectivity index (χ0n) is 9.56. The molecule has 4 rings (SSSR count). The summed E-state index contributed by atoms with van der Waals surface area (Å²) in [6.45, 7) is 2.23. The number of carbonyl (C=O) groups is 3. The van der Waals surface area contributed by atoms with Gasteiger partial charge in [-0.3, -0.25) is 14.4 Å². The molecule has 4 heterocycles. The fraction of sp³-hybridized carbons (Fsp3) is 0.700. The Hall–Kier alpha value is -0.690. The Labute approximate surface area is 107 Å². The summed E-state index contributed by atoms with van der Waals surface area (Å²) < 4.78 is -0.136. The van der Waals surface area contributed by atoms with E-state index in [2.05, 4.69) is 0 Å². The van der Waals surface area contributed by atoms with Crippen LogP contribution in [0.4, 0.5) is 4.79 Å². The van der Waals surface area contributed by atoms with Crippen molar-refractivity contribution in [3.05, 3.63) is 0 Å². The molecular weight excluding hydrogens is 260 g/mol. The zero-order valence-corrected chi connectivity index (χ0v) is 11.2. The topological polar surface area (TPSA) is 57.7 Å². The molecule has 0 N–H and O–H groups in total. The molecule has 0 aromatic heterocycles. The predicted molar refractivity (Wildman–Crippen MR) is 65.4 cm³/mol. The molecule has 0 unspecified atom stereocenters. The number of thioether (sulfide) groups is 2. The lowest BCUT2D eigenvalue weighted by Crippen LogP contribution is -2.69. The highest BCUT2D eigenvalue weighted by atomic mass is 32.2. The third kappa shape index (κ3) is 1.16. The van der Waals surface area contributed by atoms with E-state index in [0.717, 1.165) is 29.9 Å². The molecule has 0 aromatic rings. The van der Waals surface area contributed by atoms with Crippen LogP contribution in [0.5, 0.6) is 0 Å². The number of fused-ring (bicyclic) bond motifs is 3. The quantitative estimate of drug-likeness (QED) is 0.661. The van der Waals surface area contributed by atoms with Gasteiger partial charge in [-0.25, -0.2) is 0 Å². The number of hydrogen-bond donors (Lipinski definition) is 0. The summed E-state index contributed by atoms with van der Waals surface area (Å²) in [5.74, 6) is -0.221. The van der Waals surface area contributed by atoms with Crippen LogP contribution < -0.4 is 0 Å². The van der Waals surface area contributed by atoms with Gasteiger partial charge in [-0.05, 0) is 43.3 Å². The van der Waals surface area contributed by atoms with E-state index in [-0.39, 0.29) is 16.3 Å². The normalized spacial score (nSPS) is 40.9. The summed E-state index contributed by atoms with van der Waals surface area (Å²) in [5.41, 5.74) is 0. The summed E-state index contributed by atoms with van der Waals surface area (Å²) in [6, 6.07) is 0. The molecule has 1 spiro atoms. The summed E-state index contributed by atoms with van der Waals surface area (Å²) in [7, 11) is 1.61. The van der Waals surface area contributed by atoms with Gasteiger partial charge in [-0.2, -0.15) is 0 Å². The SMILES string of the molecule is CN1C(=O)[C@]23CCCN2C(=O)[C@@]1(C)SC(=O)S3. The van der Waals surface area contributed by atoms with Crippen LogP contribution in [0.15, 0.2) is 0 Å². The molecule has 4 aliphatic heterocycles. The van der Waals surface area contributed by atoms with E-state index < -0.39 is 9.74 Å². The molecule has 7 heteroatoms. The maximum atomic E-state index is 12.5. The zero-order chi connectivity index (χ0) is 12.4. The average molecular weight is 272 g/mol. The minimum Gasteiger partial charge on any atom is -0.320 e. The van der Waals surface area contributed by atoms with Gasteiger partial charge in [0.15, 0.2) is 9.74 Å². The first kappa shape index (κ1) is 11.4. The van der Waals surface area contributed by atoms with Gasteiger partial charge >= 0.3 is 0 Å². The smallest absolute Gasteiger partial charge is 0.260 e. The Morgan fingerprint density at radius 3 is 2.59 bits per heavy atom. The van der Waals surface area contributed by atoms with E-state index in [1.54, 1.807) is 18.9 Å². The fourth-order valence-corrected chi connectivity index (χ4v) is 5.55. The first-order chi connectivity index (χ1) is 7.92. The van der Waals surface area contributed by atoms with E-state index in [9.17, 15) is 14.4 Å². The van der Waals surface area contributed by atoms with Crippen molar-refractivity contribution in [3.63, 3.8) is 0 Å². The van der Waals surface area contributed by atoms with Crippen molar-refractivity contribution < 1.29 is 14.4 Å². The van der Waals surface area contributed by atoms with Gasteiger partial charge in [-0.1, -0.05) is 0 Å². The molecule has 4 fully saturated rings. The predicted octanol–water partition coefficient (Wildman–Crippen LogP) is 1.09. The molecule has 17 heavy (non-hydrogen) atoms. The van der Waals surface area contributed by atoms with Crippen molar-refractivity contribution in [1.82, 2.24) is 9.80 Å². The number of carbonyl (C=O) groups excluding carboxylic acids is 3. The summed E-state index contributed by atoms with van der Waals surface area (Å²) >= 11 is 1.98. The van der Waals surface area contributed by atoms with Gasteiger partial charge in [0.1, 0.15) is 0 Å². The lowest BCUT2D eigenvalue weighted by atomic mass is 10.1. The van der Waals surface area contributed by atoms with Crippen molar-refractivity contribution >= 4 is 39.8 Å². The second-order valence-corrected chi connectivity index (χ2v) is 7.52. The molecule has 0 radical (unpaired) electrons. The van der Waals surface area contributed by atoms with Gasteiger partial charge in [-0.15, -0.1) is 0 Å². The number of likely N-dealkylation sites (N-methyl/N-ethyl adjacent to an activating group) is 1. The maximum absolute atomic E-state index is 12.5. The third-order valence-electron chi connectivity index (χ3n) is 3.79. The standard InChI is InChI=1S/C10H12N2O3S2/c1-9-6(13)12-5-3-4-10(12,7(14)11(9)2)17-8(15)16-9/h3-5H2,1-2H3/t9-,10-/m1/s1. The molecule has 5 nitrogen and oxygen atoms in total. The van der Waals surface area contributed by atoms with E-state index in [1.165, 1.54) is 4.90 Å². The number of hydrogen-bond acceptors (Lipinski definition) is 5.